The second-order valence-electron chi connectivity index (χ2n) is 6.79. The molecule has 0 aliphatic carbocycles. The number of nitrogens with one attached hydrogen (secondary N) is 1. The van der Waals surface area contributed by atoms with Crippen LogP contribution in [0, 0.1) is 0 Å². The Balaban J connectivity index is 1.56. The van der Waals surface area contributed by atoms with Crippen LogP contribution in [0.3, 0.4) is 0 Å². The van der Waals surface area contributed by atoms with Gasteiger partial charge in [-0.3, -0.25) is 9.19 Å². The minimum absolute atomic E-state index is 0.464. The van der Waals surface area contributed by atoms with Crippen LogP contribution in [0.1, 0.15) is 18.2 Å². The van der Waals surface area contributed by atoms with Gasteiger partial charge in [-0.05, 0) is 48.4 Å². The van der Waals surface area contributed by atoms with Gasteiger partial charge < -0.3 is 5.32 Å². The number of pyridine rings is 1. The number of aryl methyl sites for hydroxylation is 1. The molecule has 0 aliphatic heterocycles. The third-order valence-electron chi connectivity index (χ3n) is 4.58. The van der Waals surface area contributed by atoms with Crippen molar-refractivity contribution in [2.75, 3.05) is 5.32 Å². The molecule has 0 saturated carbocycles. The van der Waals surface area contributed by atoms with E-state index in [9.17, 15) is 4.21 Å². The van der Waals surface area contributed by atoms with Gasteiger partial charge in [-0.1, -0.05) is 37.3 Å². The van der Waals surface area contributed by atoms with Crippen molar-refractivity contribution in [3.8, 4) is 11.4 Å². The maximum absolute atomic E-state index is 12.6. The Bertz CT molecular complexity index is 1150. The lowest BCUT2D eigenvalue weighted by Gasteiger charge is -2.11. The van der Waals surface area contributed by atoms with Crippen molar-refractivity contribution in [2.45, 2.75) is 24.0 Å². The lowest BCUT2D eigenvalue weighted by atomic mass is 10.2. The number of benzene rings is 2. The molecule has 0 radical (unpaired) electrons. The molecule has 0 saturated heterocycles. The van der Waals surface area contributed by atoms with Crippen LogP contribution >= 0.6 is 0 Å². The zero-order valence-corrected chi connectivity index (χ0v) is 17.5. The van der Waals surface area contributed by atoms with Crippen molar-refractivity contribution in [2.24, 2.45) is 0 Å². The second kappa shape index (κ2) is 9.41. The quantitative estimate of drug-likeness (QED) is 0.453. The van der Waals surface area contributed by atoms with Crippen molar-refractivity contribution in [1.82, 2.24) is 15.0 Å². The van der Waals surface area contributed by atoms with Gasteiger partial charge in [0.15, 0.2) is 5.82 Å². The van der Waals surface area contributed by atoms with Crippen LogP contribution in [0.2, 0.25) is 0 Å². The van der Waals surface area contributed by atoms with Gasteiger partial charge in [0.2, 0.25) is 0 Å². The van der Waals surface area contributed by atoms with Gasteiger partial charge in [0, 0.05) is 40.3 Å². The molecule has 1 unspecified atom stereocenters. The van der Waals surface area contributed by atoms with E-state index in [1.807, 2.05) is 72.8 Å². The molecule has 0 amide bonds. The van der Waals surface area contributed by atoms with Crippen molar-refractivity contribution < 1.29 is 4.21 Å². The monoisotopic (exact) mass is 414 g/mol. The summed E-state index contributed by atoms with van der Waals surface area (Å²) < 4.78 is 12.6. The fourth-order valence-corrected chi connectivity index (χ4v) is 4.18. The number of rotatable bonds is 7. The Kier molecular flexibility index (Phi) is 6.25. The maximum atomic E-state index is 12.6. The first kappa shape index (κ1) is 19.9. The highest BCUT2D eigenvalue weighted by Gasteiger charge is 2.08. The predicted octanol–water partition coefficient (Wildman–Crippen LogP) is 5.15. The van der Waals surface area contributed by atoms with E-state index in [0.29, 0.717) is 11.6 Å². The van der Waals surface area contributed by atoms with Gasteiger partial charge in [-0.15, -0.1) is 0 Å². The van der Waals surface area contributed by atoms with Gasteiger partial charge in [-0.2, -0.15) is 0 Å². The third kappa shape index (κ3) is 4.96. The van der Waals surface area contributed by atoms with Crippen LogP contribution in [0.25, 0.3) is 11.4 Å². The van der Waals surface area contributed by atoms with E-state index in [2.05, 4.69) is 27.2 Å². The minimum Gasteiger partial charge on any atom is -0.340 e. The maximum Gasteiger partial charge on any atom is 0.161 e. The number of nitrogens with zero attached hydrogens (tertiary/aromatic N) is 3. The van der Waals surface area contributed by atoms with Crippen molar-refractivity contribution >= 4 is 22.3 Å². The SMILES string of the molecule is CCc1cc(Nc2cccc(CS(=O)c3ccccc3)c2)nc(-c2ccncc2)n1. The molecule has 2 aromatic heterocycles. The van der Waals surface area contributed by atoms with E-state index >= 15 is 0 Å². The molecule has 1 N–H and O–H groups in total. The topological polar surface area (TPSA) is 67.8 Å². The summed E-state index contributed by atoms with van der Waals surface area (Å²) in [6, 6.07) is 23.2. The summed E-state index contributed by atoms with van der Waals surface area (Å²) in [6.45, 7) is 2.07. The first-order valence-electron chi connectivity index (χ1n) is 9.79. The molecule has 0 spiro atoms. The fraction of sp³-hybridized carbons (Fsp3) is 0.125. The highest BCUT2D eigenvalue weighted by atomic mass is 32.2. The van der Waals surface area contributed by atoms with E-state index in [0.717, 1.165) is 39.6 Å². The molecule has 4 aromatic rings. The van der Waals surface area contributed by atoms with Crippen molar-refractivity contribution in [1.29, 1.82) is 0 Å². The first-order chi connectivity index (χ1) is 14.7. The van der Waals surface area contributed by atoms with E-state index in [-0.39, 0.29) is 0 Å². The number of anilines is 2. The van der Waals surface area contributed by atoms with Crippen LogP contribution in [0.5, 0.6) is 0 Å². The Morgan fingerprint density at radius 2 is 1.70 bits per heavy atom. The number of aromatic nitrogens is 3. The standard InChI is InChI=1S/C24H22N4OS/c1-2-20-16-23(28-24(27-20)19-11-13-25-14-12-19)26-21-8-6-7-18(15-21)17-30(29)22-9-4-3-5-10-22/h3-16H,2,17H2,1H3,(H,26,27,28). The van der Waals surface area contributed by atoms with Crippen molar-refractivity contribution in [3.63, 3.8) is 0 Å². The molecule has 4 rings (SSSR count). The lowest BCUT2D eigenvalue weighted by Crippen LogP contribution is -2.02. The average molecular weight is 415 g/mol. The molecule has 1 atom stereocenters. The molecule has 0 aliphatic rings. The smallest absolute Gasteiger partial charge is 0.161 e. The van der Waals surface area contributed by atoms with Crippen LogP contribution in [0.15, 0.2) is 90.1 Å². The Morgan fingerprint density at radius 3 is 2.47 bits per heavy atom. The summed E-state index contributed by atoms with van der Waals surface area (Å²) in [5.74, 6) is 1.86. The van der Waals surface area contributed by atoms with Gasteiger partial charge in [-0.25, -0.2) is 9.97 Å². The van der Waals surface area contributed by atoms with Gasteiger partial charge in [0.1, 0.15) is 5.82 Å². The molecule has 5 nitrogen and oxygen atoms in total. The largest absolute Gasteiger partial charge is 0.340 e. The zero-order valence-electron chi connectivity index (χ0n) is 16.7. The van der Waals surface area contributed by atoms with E-state index in [4.69, 9.17) is 0 Å². The fourth-order valence-electron chi connectivity index (χ4n) is 3.07. The molecular weight excluding hydrogens is 392 g/mol. The Hall–Kier alpha value is -3.38. The summed E-state index contributed by atoms with van der Waals surface area (Å²) in [7, 11) is -1.08. The van der Waals surface area contributed by atoms with Crippen LogP contribution in [0.4, 0.5) is 11.5 Å². The summed E-state index contributed by atoms with van der Waals surface area (Å²) in [5, 5.41) is 3.38. The van der Waals surface area contributed by atoms with Crippen LogP contribution in [-0.4, -0.2) is 19.2 Å². The summed E-state index contributed by atoms with van der Waals surface area (Å²) in [4.78, 5) is 14.2. The molecule has 30 heavy (non-hydrogen) atoms. The van der Waals surface area contributed by atoms with E-state index in [1.165, 1.54) is 0 Å². The second-order valence-corrected chi connectivity index (χ2v) is 8.24. The third-order valence-corrected chi connectivity index (χ3v) is 5.98. The van der Waals surface area contributed by atoms with Crippen LogP contribution < -0.4 is 5.32 Å². The van der Waals surface area contributed by atoms with E-state index < -0.39 is 10.8 Å². The van der Waals surface area contributed by atoms with Crippen LogP contribution in [-0.2, 0) is 23.0 Å². The van der Waals surface area contributed by atoms with Crippen molar-refractivity contribution in [3.05, 3.63) is 96.4 Å². The molecule has 0 fully saturated rings. The molecular formula is C24H22N4OS. The summed E-state index contributed by atoms with van der Waals surface area (Å²) in [5.41, 5.74) is 3.79. The van der Waals surface area contributed by atoms with Gasteiger partial charge in [0.05, 0.1) is 16.6 Å². The normalized spacial score (nSPS) is 11.8. The Labute approximate surface area is 178 Å². The molecule has 150 valence electrons. The summed E-state index contributed by atoms with van der Waals surface area (Å²) in [6.07, 6.45) is 4.28. The van der Waals surface area contributed by atoms with E-state index in [1.54, 1.807) is 12.4 Å². The average Bonchev–Trinajstić information content (AvgIpc) is 2.80. The Morgan fingerprint density at radius 1 is 0.900 bits per heavy atom. The van der Waals surface area contributed by atoms with Gasteiger partial charge in [0.25, 0.3) is 0 Å². The molecule has 6 heteroatoms. The van der Waals surface area contributed by atoms with Gasteiger partial charge >= 0.3 is 0 Å². The highest BCUT2D eigenvalue weighted by molar-refractivity contribution is 7.84. The molecule has 2 heterocycles. The zero-order chi connectivity index (χ0) is 20.8. The highest BCUT2D eigenvalue weighted by Crippen LogP contribution is 2.22. The minimum atomic E-state index is -1.08. The molecule has 0 bridgehead atoms. The molecule has 2 aromatic carbocycles. The first-order valence-corrected chi connectivity index (χ1v) is 11.1. The number of hydrogen-bond donors (Lipinski definition) is 1. The number of hydrogen-bond acceptors (Lipinski definition) is 5. The lowest BCUT2D eigenvalue weighted by molar-refractivity contribution is 0.682. The summed E-state index contributed by atoms with van der Waals surface area (Å²) >= 11 is 0. The predicted molar refractivity (Wildman–Crippen MR) is 121 cm³/mol.